The molecule has 0 aromatic carbocycles. The molecule has 2 N–H and O–H groups in total. The maximum absolute atomic E-state index is 10.8. The normalized spacial score (nSPS) is 17.5. The van der Waals surface area contributed by atoms with Gasteiger partial charge < -0.3 is 5.32 Å². The van der Waals surface area contributed by atoms with Crippen LogP contribution in [0.1, 0.15) is 12.1 Å². The van der Waals surface area contributed by atoms with E-state index in [1.807, 2.05) is 6.08 Å². The topological polar surface area (TPSA) is 84.2 Å². The molecule has 0 amide bonds. The quantitative estimate of drug-likeness (QED) is 0.692. The Bertz CT molecular complexity index is 489. The zero-order valence-electron chi connectivity index (χ0n) is 7.92. The highest BCUT2D eigenvalue weighted by Crippen LogP contribution is 2.17. The van der Waals surface area contributed by atoms with Crippen molar-refractivity contribution < 1.29 is 13.0 Å². The number of imidazole rings is 1. The Morgan fingerprint density at radius 3 is 2.87 bits per heavy atom. The molecular weight excluding hydrogens is 218 g/mol. The van der Waals surface area contributed by atoms with Gasteiger partial charge in [0.15, 0.2) is 0 Å². The molecule has 2 heterocycles. The third-order valence-electron chi connectivity index (χ3n) is 2.22. The van der Waals surface area contributed by atoms with Gasteiger partial charge in [-0.3, -0.25) is 4.55 Å². The van der Waals surface area contributed by atoms with Crippen LogP contribution < -0.4 is 5.32 Å². The minimum atomic E-state index is -4.21. The van der Waals surface area contributed by atoms with E-state index in [0.717, 1.165) is 31.4 Å². The molecule has 6 nitrogen and oxygen atoms in total. The largest absolute Gasteiger partial charge is 0.364 e. The average Bonchev–Trinajstić information content (AvgIpc) is 2.67. The number of hydrogen-bond donors (Lipinski definition) is 2. The molecule has 1 aromatic rings. The summed E-state index contributed by atoms with van der Waals surface area (Å²) >= 11 is 0. The molecule has 82 valence electrons. The number of nitrogens with zero attached hydrogens (tertiary/aromatic N) is 2. The summed E-state index contributed by atoms with van der Waals surface area (Å²) in [7, 11) is -4.21. The van der Waals surface area contributed by atoms with Crippen LogP contribution in [0.15, 0.2) is 18.6 Å². The first-order chi connectivity index (χ1) is 7.07. The summed E-state index contributed by atoms with van der Waals surface area (Å²) in [6.45, 7) is 1.61. The van der Waals surface area contributed by atoms with Gasteiger partial charge in [-0.2, -0.15) is 8.42 Å². The maximum Gasteiger partial charge on any atom is 0.364 e. The van der Waals surface area contributed by atoms with E-state index in [1.165, 1.54) is 6.20 Å². The highest BCUT2D eigenvalue weighted by Gasteiger charge is 2.12. The molecule has 15 heavy (non-hydrogen) atoms. The van der Waals surface area contributed by atoms with Crippen molar-refractivity contribution in [3.05, 3.63) is 24.3 Å². The van der Waals surface area contributed by atoms with Gasteiger partial charge in [0.05, 0.1) is 11.9 Å². The number of rotatable bonds is 2. The van der Waals surface area contributed by atoms with Crippen molar-refractivity contribution in [2.45, 2.75) is 6.42 Å². The first kappa shape index (κ1) is 10.3. The van der Waals surface area contributed by atoms with Crippen molar-refractivity contribution in [3.8, 4) is 0 Å². The predicted octanol–water partition coefficient (Wildman–Crippen LogP) is -0.0893. The van der Waals surface area contributed by atoms with Crippen LogP contribution in [0.2, 0.25) is 0 Å². The Kier molecular flexibility index (Phi) is 2.59. The van der Waals surface area contributed by atoms with Gasteiger partial charge in [0, 0.05) is 6.54 Å². The second-order valence-corrected chi connectivity index (χ2v) is 4.57. The smallest absolute Gasteiger partial charge is 0.313 e. The van der Waals surface area contributed by atoms with E-state index in [1.54, 1.807) is 0 Å². The Balaban J connectivity index is 2.31. The van der Waals surface area contributed by atoms with E-state index in [4.69, 9.17) is 4.55 Å². The van der Waals surface area contributed by atoms with Crippen molar-refractivity contribution in [1.29, 1.82) is 0 Å². The van der Waals surface area contributed by atoms with E-state index < -0.39 is 10.3 Å². The van der Waals surface area contributed by atoms with Gasteiger partial charge in [-0.25, -0.2) is 8.96 Å². The first-order valence-corrected chi connectivity index (χ1v) is 5.89. The zero-order chi connectivity index (χ0) is 10.9. The SMILES string of the molecule is O=S(=O)(O)n1cnc(C2=CCNCC2)c1. The first-order valence-electron chi connectivity index (χ1n) is 4.49. The summed E-state index contributed by atoms with van der Waals surface area (Å²) in [5.41, 5.74) is 1.59. The lowest BCUT2D eigenvalue weighted by Gasteiger charge is -2.11. The zero-order valence-corrected chi connectivity index (χ0v) is 8.74. The molecular formula is C8H11N3O3S. The standard InChI is InChI=1S/C8H11N3O3S/c12-15(13,14)11-5-8(10-6-11)7-1-3-9-4-2-7/h1,5-6,9H,2-4H2,(H,12,13,14). The summed E-state index contributed by atoms with van der Waals surface area (Å²) in [4.78, 5) is 3.93. The highest BCUT2D eigenvalue weighted by molar-refractivity contribution is 7.84. The molecule has 0 saturated carbocycles. The van der Waals surface area contributed by atoms with Gasteiger partial charge >= 0.3 is 10.3 Å². The second kappa shape index (κ2) is 3.76. The molecule has 0 atom stereocenters. The Hall–Kier alpha value is -1.18. The van der Waals surface area contributed by atoms with Crippen LogP contribution in [0.25, 0.3) is 5.57 Å². The summed E-state index contributed by atoms with van der Waals surface area (Å²) in [6, 6.07) is 0. The van der Waals surface area contributed by atoms with Gasteiger partial charge in [0.25, 0.3) is 0 Å². The monoisotopic (exact) mass is 229 g/mol. The van der Waals surface area contributed by atoms with Crippen LogP contribution in [0, 0.1) is 0 Å². The third-order valence-corrected chi connectivity index (χ3v) is 2.95. The molecule has 0 unspecified atom stereocenters. The average molecular weight is 229 g/mol. The fourth-order valence-corrected chi connectivity index (χ4v) is 1.85. The van der Waals surface area contributed by atoms with E-state index in [9.17, 15) is 8.42 Å². The van der Waals surface area contributed by atoms with E-state index in [0.29, 0.717) is 9.67 Å². The molecule has 0 fully saturated rings. The summed E-state index contributed by atoms with van der Waals surface area (Å²) in [5.74, 6) is 0. The van der Waals surface area contributed by atoms with E-state index >= 15 is 0 Å². The Morgan fingerprint density at radius 2 is 2.33 bits per heavy atom. The van der Waals surface area contributed by atoms with Crippen molar-refractivity contribution in [2.24, 2.45) is 0 Å². The van der Waals surface area contributed by atoms with Crippen LogP contribution in [0.3, 0.4) is 0 Å². The van der Waals surface area contributed by atoms with Crippen LogP contribution in [-0.2, 0) is 10.3 Å². The fraction of sp³-hybridized carbons (Fsp3) is 0.375. The molecule has 1 aromatic heterocycles. The third kappa shape index (κ3) is 2.25. The molecule has 1 aliphatic rings. The van der Waals surface area contributed by atoms with Crippen molar-refractivity contribution in [2.75, 3.05) is 13.1 Å². The minimum Gasteiger partial charge on any atom is -0.313 e. The van der Waals surface area contributed by atoms with Crippen molar-refractivity contribution >= 4 is 15.9 Å². The van der Waals surface area contributed by atoms with Gasteiger partial charge in [-0.15, -0.1) is 0 Å². The second-order valence-electron chi connectivity index (χ2n) is 3.25. The molecule has 0 saturated heterocycles. The van der Waals surface area contributed by atoms with Crippen molar-refractivity contribution in [3.63, 3.8) is 0 Å². The van der Waals surface area contributed by atoms with Crippen LogP contribution in [-0.4, -0.2) is 35.0 Å². The molecule has 7 heteroatoms. The lowest BCUT2D eigenvalue weighted by molar-refractivity contribution is 0.472. The maximum atomic E-state index is 10.8. The van der Waals surface area contributed by atoms with Crippen LogP contribution in [0.4, 0.5) is 0 Å². The Labute approximate surface area is 87.5 Å². The van der Waals surface area contributed by atoms with Gasteiger partial charge in [-0.05, 0) is 18.5 Å². The van der Waals surface area contributed by atoms with Gasteiger partial charge in [0.1, 0.15) is 6.33 Å². The fourth-order valence-electron chi connectivity index (χ4n) is 1.45. The molecule has 0 aliphatic carbocycles. The molecule has 0 bridgehead atoms. The predicted molar refractivity (Wildman–Crippen MR) is 54.6 cm³/mol. The Morgan fingerprint density at radius 1 is 1.53 bits per heavy atom. The highest BCUT2D eigenvalue weighted by atomic mass is 32.2. The lowest BCUT2D eigenvalue weighted by Crippen LogP contribution is -2.20. The van der Waals surface area contributed by atoms with Crippen LogP contribution in [0.5, 0.6) is 0 Å². The molecule has 0 radical (unpaired) electrons. The number of aromatic nitrogens is 2. The molecule has 1 aliphatic heterocycles. The van der Waals surface area contributed by atoms with Crippen LogP contribution >= 0.6 is 0 Å². The lowest BCUT2D eigenvalue weighted by atomic mass is 10.1. The van der Waals surface area contributed by atoms with E-state index in [-0.39, 0.29) is 0 Å². The molecule has 2 rings (SSSR count). The van der Waals surface area contributed by atoms with E-state index in [2.05, 4.69) is 10.3 Å². The minimum absolute atomic E-state index is 0.592. The summed E-state index contributed by atoms with van der Waals surface area (Å²) in [5, 5.41) is 3.14. The molecule has 0 spiro atoms. The van der Waals surface area contributed by atoms with Gasteiger partial charge in [-0.1, -0.05) is 6.08 Å². The summed E-state index contributed by atoms with van der Waals surface area (Å²) in [6.07, 6.45) is 5.17. The number of nitrogens with one attached hydrogen (secondary N) is 1. The van der Waals surface area contributed by atoms with Crippen molar-refractivity contribution in [1.82, 2.24) is 14.3 Å². The number of hydrogen-bond acceptors (Lipinski definition) is 4. The summed E-state index contributed by atoms with van der Waals surface area (Å²) < 4.78 is 31.0. The van der Waals surface area contributed by atoms with Gasteiger partial charge in [0.2, 0.25) is 0 Å².